The molecule has 0 atom stereocenters. The van der Waals surface area contributed by atoms with Gasteiger partial charge in [-0.3, -0.25) is 4.79 Å². The number of aromatic nitrogens is 1. The molecule has 0 saturated heterocycles. The van der Waals surface area contributed by atoms with Gasteiger partial charge in [-0.15, -0.1) is 0 Å². The highest BCUT2D eigenvalue weighted by Crippen LogP contribution is 2.37. The highest BCUT2D eigenvalue weighted by atomic mass is 19.1. The number of fused-ring (bicyclic) bond motifs is 2. The van der Waals surface area contributed by atoms with Gasteiger partial charge in [-0.2, -0.15) is 0 Å². The number of halogens is 1. The maximum Gasteiger partial charge on any atom is 0.339 e. The number of Topliss-reactive ketones (excluding diaryl/α,β-unsaturated/α-hetero) is 1. The summed E-state index contributed by atoms with van der Waals surface area (Å²) in [5.41, 5.74) is 6.45. The van der Waals surface area contributed by atoms with Gasteiger partial charge < -0.3 is 4.74 Å². The van der Waals surface area contributed by atoms with E-state index in [-0.39, 0.29) is 5.78 Å². The van der Waals surface area contributed by atoms with Gasteiger partial charge in [0.15, 0.2) is 12.4 Å². The Kier molecular flexibility index (Phi) is 5.76. The lowest BCUT2D eigenvalue weighted by molar-refractivity contribution is 0.0475. The Balaban J connectivity index is 1.48. The summed E-state index contributed by atoms with van der Waals surface area (Å²) in [5, 5.41) is 0.706. The van der Waals surface area contributed by atoms with E-state index in [1.807, 2.05) is 31.2 Å². The van der Waals surface area contributed by atoms with Gasteiger partial charge in [0.05, 0.1) is 16.8 Å². The standard InChI is InChI=1S/C29H22FNO3/c1-18-6-8-19(9-7-18)16-21-12-15-24-27(23-4-2-3-5-25(23)31-28(21)24)29(33)34-17-26(32)20-10-13-22(30)14-11-20/h2-11,13-14,16H,12,15,17H2,1H3. The van der Waals surface area contributed by atoms with Crippen molar-refractivity contribution >= 4 is 34.3 Å². The second-order valence-corrected chi connectivity index (χ2v) is 8.42. The molecule has 0 radical (unpaired) electrons. The number of ether oxygens (including phenoxy) is 1. The van der Waals surface area contributed by atoms with Crippen LogP contribution >= 0.6 is 0 Å². The summed E-state index contributed by atoms with van der Waals surface area (Å²) in [7, 11) is 0. The zero-order valence-electron chi connectivity index (χ0n) is 18.7. The average Bonchev–Trinajstić information content (AvgIpc) is 3.24. The molecular formula is C29H22FNO3. The number of aryl methyl sites for hydroxylation is 1. The highest BCUT2D eigenvalue weighted by Gasteiger charge is 2.28. The number of hydrogen-bond donors (Lipinski definition) is 0. The molecule has 4 aromatic rings. The van der Waals surface area contributed by atoms with E-state index in [9.17, 15) is 14.0 Å². The van der Waals surface area contributed by atoms with E-state index in [2.05, 4.69) is 30.3 Å². The Hall–Kier alpha value is -4.12. The number of carbonyl (C=O) groups excluding carboxylic acids is 2. The number of nitrogens with zero attached hydrogens (tertiary/aromatic N) is 1. The van der Waals surface area contributed by atoms with Gasteiger partial charge >= 0.3 is 5.97 Å². The molecule has 0 unspecified atom stereocenters. The summed E-state index contributed by atoms with van der Waals surface area (Å²) in [6, 6.07) is 20.9. The van der Waals surface area contributed by atoms with Crippen LogP contribution in [0.4, 0.5) is 4.39 Å². The first-order valence-corrected chi connectivity index (χ1v) is 11.1. The smallest absolute Gasteiger partial charge is 0.339 e. The highest BCUT2D eigenvalue weighted by molar-refractivity contribution is 6.08. The molecule has 1 heterocycles. The van der Waals surface area contributed by atoms with Crippen molar-refractivity contribution < 1.29 is 18.7 Å². The molecule has 0 amide bonds. The third-order valence-electron chi connectivity index (χ3n) is 6.06. The van der Waals surface area contributed by atoms with Crippen LogP contribution in [0.25, 0.3) is 22.6 Å². The van der Waals surface area contributed by atoms with Crippen LogP contribution < -0.4 is 0 Å². The van der Waals surface area contributed by atoms with Gasteiger partial charge in [0.1, 0.15) is 5.82 Å². The molecule has 5 heteroatoms. The number of benzene rings is 3. The Labute approximate surface area is 196 Å². The van der Waals surface area contributed by atoms with Crippen molar-refractivity contribution in [1.29, 1.82) is 0 Å². The van der Waals surface area contributed by atoms with E-state index < -0.39 is 18.4 Å². The van der Waals surface area contributed by atoms with Gasteiger partial charge in [0.25, 0.3) is 0 Å². The molecule has 5 rings (SSSR count). The fourth-order valence-corrected chi connectivity index (χ4v) is 4.30. The zero-order chi connectivity index (χ0) is 23.7. The molecule has 0 aliphatic heterocycles. The molecule has 3 aromatic carbocycles. The summed E-state index contributed by atoms with van der Waals surface area (Å²) in [4.78, 5) is 30.5. The molecule has 0 fully saturated rings. The van der Waals surface area contributed by atoms with Gasteiger partial charge in [0.2, 0.25) is 0 Å². The fraction of sp³-hybridized carbons (Fsp3) is 0.138. The molecule has 168 valence electrons. The van der Waals surface area contributed by atoms with Crippen LogP contribution in [0.3, 0.4) is 0 Å². The summed E-state index contributed by atoms with van der Waals surface area (Å²) in [6.45, 7) is 1.64. The Morgan fingerprint density at radius 2 is 1.71 bits per heavy atom. The Morgan fingerprint density at radius 1 is 0.971 bits per heavy atom. The molecule has 0 bridgehead atoms. The number of allylic oxidation sites excluding steroid dienone is 1. The van der Waals surface area contributed by atoms with Crippen LogP contribution in [-0.4, -0.2) is 23.3 Å². The molecule has 1 aliphatic rings. The first-order chi connectivity index (χ1) is 16.5. The number of rotatable bonds is 5. The van der Waals surface area contributed by atoms with Gasteiger partial charge in [-0.1, -0.05) is 48.0 Å². The SMILES string of the molecule is Cc1ccc(C=C2CCc3c2nc2ccccc2c3C(=O)OCC(=O)c2ccc(F)cc2)cc1. The van der Waals surface area contributed by atoms with Crippen molar-refractivity contribution in [2.24, 2.45) is 0 Å². The minimum atomic E-state index is -0.554. The average molecular weight is 451 g/mol. The van der Waals surface area contributed by atoms with E-state index >= 15 is 0 Å². The van der Waals surface area contributed by atoms with Crippen molar-refractivity contribution in [2.75, 3.05) is 6.61 Å². The number of pyridine rings is 1. The van der Waals surface area contributed by atoms with Crippen LogP contribution in [0, 0.1) is 12.7 Å². The molecule has 34 heavy (non-hydrogen) atoms. The lowest BCUT2D eigenvalue weighted by atomic mass is 10.0. The van der Waals surface area contributed by atoms with Crippen molar-refractivity contribution in [1.82, 2.24) is 4.98 Å². The molecule has 0 saturated carbocycles. The molecule has 4 nitrogen and oxygen atoms in total. The van der Waals surface area contributed by atoms with E-state index in [0.717, 1.165) is 28.8 Å². The second kappa shape index (κ2) is 9.02. The third kappa shape index (κ3) is 4.25. The largest absolute Gasteiger partial charge is 0.454 e. The fourth-order valence-electron chi connectivity index (χ4n) is 4.30. The number of esters is 1. The van der Waals surface area contributed by atoms with E-state index in [1.54, 1.807) is 0 Å². The van der Waals surface area contributed by atoms with Crippen molar-refractivity contribution in [3.8, 4) is 0 Å². The quantitative estimate of drug-likeness (QED) is 0.267. The minimum absolute atomic E-state index is 0.294. The third-order valence-corrected chi connectivity index (χ3v) is 6.06. The van der Waals surface area contributed by atoms with Crippen molar-refractivity contribution in [3.63, 3.8) is 0 Å². The normalized spacial score (nSPS) is 13.8. The van der Waals surface area contributed by atoms with Crippen LogP contribution in [0.1, 0.15) is 49.5 Å². The first-order valence-electron chi connectivity index (χ1n) is 11.1. The molecule has 0 spiro atoms. The van der Waals surface area contributed by atoms with Crippen LogP contribution in [0.15, 0.2) is 72.8 Å². The van der Waals surface area contributed by atoms with Crippen LogP contribution in [0.2, 0.25) is 0 Å². The van der Waals surface area contributed by atoms with Crippen molar-refractivity contribution in [3.05, 3.63) is 112 Å². The number of hydrogen-bond acceptors (Lipinski definition) is 4. The lowest BCUT2D eigenvalue weighted by Gasteiger charge is -2.12. The maximum absolute atomic E-state index is 13.2. The Bertz CT molecular complexity index is 1440. The number of para-hydroxylation sites is 1. The Morgan fingerprint density at radius 3 is 2.47 bits per heavy atom. The minimum Gasteiger partial charge on any atom is -0.454 e. The van der Waals surface area contributed by atoms with E-state index in [0.29, 0.717) is 28.5 Å². The summed E-state index contributed by atoms with van der Waals surface area (Å²) in [5.74, 6) is -1.37. The lowest BCUT2D eigenvalue weighted by Crippen LogP contribution is -2.16. The number of carbonyl (C=O) groups is 2. The molecular weight excluding hydrogens is 429 g/mol. The second-order valence-electron chi connectivity index (χ2n) is 8.42. The predicted octanol–water partition coefficient (Wildman–Crippen LogP) is 6.21. The van der Waals surface area contributed by atoms with E-state index in [1.165, 1.54) is 29.8 Å². The number of ketones is 1. The molecule has 1 aliphatic carbocycles. The molecule has 1 aromatic heterocycles. The predicted molar refractivity (Wildman–Crippen MR) is 130 cm³/mol. The maximum atomic E-state index is 13.2. The van der Waals surface area contributed by atoms with Crippen LogP contribution in [0.5, 0.6) is 0 Å². The first kappa shape index (κ1) is 21.7. The van der Waals surface area contributed by atoms with E-state index in [4.69, 9.17) is 9.72 Å². The monoisotopic (exact) mass is 451 g/mol. The summed E-state index contributed by atoms with van der Waals surface area (Å²) in [6.07, 6.45) is 3.54. The van der Waals surface area contributed by atoms with Gasteiger partial charge in [0, 0.05) is 10.9 Å². The van der Waals surface area contributed by atoms with Gasteiger partial charge in [-0.25, -0.2) is 14.2 Å². The summed E-state index contributed by atoms with van der Waals surface area (Å²) >= 11 is 0. The topological polar surface area (TPSA) is 56.3 Å². The van der Waals surface area contributed by atoms with Gasteiger partial charge in [-0.05, 0) is 72.9 Å². The zero-order valence-corrected chi connectivity index (χ0v) is 18.7. The van der Waals surface area contributed by atoms with Crippen LogP contribution in [-0.2, 0) is 11.2 Å². The molecule has 0 N–H and O–H groups in total. The summed E-state index contributed by atoms with van der Waals surface area (Å²) < 4.78 is 18.6. The van der Waals surface area contributed by atoms with Crippen molar-refractivity contribution in [2.45, 2.75) is 19.8 Å².